The maximum Gasteiger partial charge on any atom is 0.0622 e. The molecule has 0 aliphatic heterocycles. The predicted octanol–water partition coefficient (Wildman–Crippen LogP) is 4.76. The molecule has 2 rings (SSSR count). The lowest BCUT2D eigenvalue weighted by atomic mass is 9.68. The van der Waals surface area contributed by atoms with Crippen LogP contribution in [-0.2, 0) is 4.74 Å². The average Bonchev–Trinajstić information content (AvgIpc) is 2.47. The molecule has 2 nitrogen and oxygen atoms in total. The molecule has 0 radical (unpaired) electrons. The van der Waals surface area contributed by atoms with Gasteiger partial charge in [0.15, 0.2) is 0 Å². The van der Waals surface area contributed by atoms with E-state index >= 15 is 0 Å². The van der Waals surface area contributed by atoms with Crippen LogP contribution in [0.3, 0.4) is 0 Å². The van der Waals surface area contributed by atoms with Crippen LogP contribution < -0.4 is 5.73 Å². The Labute approximate surface area is 132 Å². The average molecular weight is 296 g/mol. The SMILES string of the molecule is CCC1CCCCC1OC1CC(C(C)(C)C)CCC1CN. The maximum absolute atomic E-state index is 6.68. The Morgan fingerprint density at radius 3 is 2.29 bits per heavy atom. The third-order valence-corrected chi connectivity index (χ3v) is 6.17. The third-order valence-electron chi connectivity index (χ3n) is 6.17. The van der Waals surface area contributed by atoms with E-state index in [9.17, 15) is 0 Å². The second-order valence-corrected chi connectivity index (χ2v) is 8.54. The minimum absolute atomic E-state index is 0.401. The van der Waals surface area contributed by atoms with Gasteiger partial charge in [-0.05, 0) is 61.8 Å². The van der Waals surface area contributed by atoms with Crippen molar-refractivity contribution in [1.29, 1.82) is 0 Å². The molecule has 2 aliphatic rings. The number of hydrogen-bond donors (Lipinski definition) is 1. The highest BCUT2D eigenvalue weighted by Gasteiger charge is 2.38. The fourth-order valence-corrected chi connectivity index (χ4v) is 4.46. The van der Waals surface area contributed by atoms with Gasteiger partial charge in [-0.25, -0.2) is 0 Å². The molecular weight excluding hydrogens is 258 g/mol. The second-order valence-electron chi connectivity index (χ2n) is 8.54. The lowest BCUT2D eigenvalue weighted by molar-refractivity contribution is -0.110. The van der Waals surface area contributed by atoms with Crippen molar-refractivity contribution in [2.75, 3.05) is 6.54 Å². The van der Waals surface area contributed by atoms with E-state index in [1.807, 2.05) is 0 Å². The lowest BCUT2D eigenvalue weighted by Crippen LogP contribution is -2.43. The molecule has 21 heavy (non-hydrogen) atoms. The molecule has 0 aromatic heterocycles. The standard InChI is InChI=1S/C19H37NO/c1-5-14-8-6-7-9-17(14)21-18-12-16(19(2,3)4)11-10-15(18)13-20/h14-18H,5-13,20H2,1-4H3. The summed E-state index contributed by atoms with van der Waals surface area (Å²) in [4.78, 5) is 0. The third kappa shape index (κ3) is 4.45. The van der Waals surface area contributed by atoms with E-state index in [4.69, 9.17) is 10.5 Å². The Morgan fingerprint density at radius 1 is 0.952 bits per heavy atom. The smallest absolute Gasteiger partial charge is 0.0622 e. The first-order valence-corrected chi connectivity index (χ1v) is 9.31. The number of ether oxygens (including phenoxy) is 1. The van der Waals surface area contributed by atoms with Crippen molar-refractivity contribution in [3.63, 3.8) is 0 Å². The fourth-order valence-electron chi connectivity index (χ4n) is 4.46. The molecule has 2 fully saturated rings. The second kappa shape index (κ2) is 7.46. The lowest BCUT2D eigenvalue weighted by Gasteiger charge is -2.44. The van der Waals surface area contributed by atoms with Gasteiger partial charge >= 0.3 is 0 Å². The van der Waals surface area contributed by atoms with Gasteiger partial charge in [0, 0.05) is 0 Å². The Kier molecular flexibility index (Phi) is 6.14. The van der Waals surface area contributed by atoms with Gasteiger partial charge in [0.1, 0.15) is 0 Å². The normalized spacial score (nSPS) is 38.4. The molecule has 2 heteroatoms. The zero-order chi connectivity index (χ0) is 15.5. The van der Waals surface area contributed by atoms with Gasteiger partial charge in [-0.2, -0.15) is 0 Å². The highest BCUT2D eigenvalue weighted by molar-refractivity contribution is 4.88. The first-order chi connectivity index (χ1) is 9.95. The van der Waals surface area contributed by atoms with E-state index in [1.54, 1.807) is 0 Å². The highest BCUT2D eigenvalue weighted by atomic mass is 16.5. The summed E-state index contributed by atoms with van der Waals surface area (Å²) in [7, 11) is 0. The van der Waals surface area contributed by atoms with Crippen molar-refractivity contribution in [2.45, 2.75) is 91.3 Å². The molecule has 2 saturated carbocycles. The Hall–Kier alpha value is -0.0800. The zero-order valence-electron chi connectivity index (χ0n) is 14.7. The van der Waals surface area contributed by atoms with Crippen LogP contribution in [0.2, 0.25) is 0 Å². The van der Waals surface area contributed by atoms with Crippen molar-refractivity contribution in [1.82, 2.24) is 0 Å². The van der Waals surface area contributed by atoms with E-state index < -0.39 is 0 Å². The molecule has 5 unspecified atom stereocenters. The molecule has 0 aromatic carbocycles. The van der Waals surface area contributed by atoms with Gasteiger partial charge in [0.05, 0.1) is 12.2 Å². The van der Waals surface area contributed by atoms with E-state index in [0.717, 1.165) is 18.4 Å². The maximum atomic E-state index is 6.68. The van der Waals surface area contributed by atoms with Crippen molar-refractivity contribution >= 4 is 0 Å². The van der Waals surface area contributed by atoms with E-state index in [1.165, 1.54) is 51.4 Å². The topological polar surface area (TPSA) is 35.2 Å². The van der Waals surface area contributed by atoms with Crippen LogP contribution in [0.15, 0.2) is 0 Å². The summed E-state index contributed by atoms with van der Waals surface area (Å²) in [6.07, 6.45) is 11.4. The summed E-state index contributed by atoms with van der Waals surface area (Å²) in [6, 6.07) is 0. The molecule has 0 aromatic rings. The molecule has 0 amide bonds. The van der Waals surface area contributed by atoms with Crippen LogP contribution >= 0.6 is 0 Å². The Bertz CT molecular complexity index is 309. The van der Waals surface area contributed by atoms with Gasteiger partial charge in [-0.1, -0.05) is 47.0 Å². The van der Waals surface area contributed by atoms with Crippen LogP contribution in [0.1, 0.15) is 79.1 Å². The van der Waals surface area contributed by atoms with Gasteiger partial charge in [-0.15, -0.1) is 0 Å². The monoisotopic (exact) mass is 295 g/mol. The van der Waals surface area contributed by atoms with Gasteiger partial charge < -0.3 is 10.5 Å². The van der Waals surface area contributed by atoms with E-state index in [-0.39, 0.29) is 0 Å². The van der Waals surface area contributed by atoms with Crippen LogP contribution in [0, 0.1) is 23.2 Å². The van der Waals surface area contributed by atoms with Crippen LogP contribution in [0.4, 0.5) is 0 Å². The first kappa shape index (κ1) is 17.3. The molecule has 124 valence electrons. The van der Waals surface area contributed by atoms with Crippen molar-refractivity contribution < 1.29 is 4.74 Å². The molecule has 5 atom stereocenters. The summed E-state index contributed by atoms with van der Waals surface area (Å²) in [5.74, 6) is 2.16. The fraction of sp³-hybridized carbons (Fsp3) is 1.00. The van der Waals surface area contributed by atoms with Gasteiger partial charge in [0.2, 0.25) is 0 Å². The van der Waals surface area contributed by atoms with Crippen LogP contribution in [-0.4, -0.2) is 18.8 Å². The number of rotatable bonds is 4. The van der Waals surface area contributed by atoms with Crippen LogP contribution in [0.25, 0.3) is 0 Å². The quantitative estimate of drug-likeness (QED) is 0.811. The first-order valence-electron chi connectivity index (χ1n) is 9.31. The van der Waals surface area contributed by atoms with Gasteiger partial charge in [-0.3, -0.25) is 0 Å². The molecule has 2 N–H and O–H groups in total. The Morgan fingerprint density at radius 2 is 1.67 bits per heavy atom. The molecule has 0 bridgehead atoms. The summed E-state index contributed by atoms with van der Waals surface area (Å²) >= 11 is 0. The molecule has 0 spiro atoms. The van der Waals surface area contributed by atoms with E-state index in [2.05, 4.69) is 27.7 Å². The van der Waals surface area contributed by atoms with Crippen molar-refractivity contribution in [3.05, 3.63) is 0 Å². The predicted molar refractivity (Wildman–Crippen MR) is 90.3 cm³/mol. The number of nitrogens with two attached hydrogens (primary N) is 1. The minimum Gasteiger partial charge on any atom is -0.374 e. The van der Waals surface area contributed by atoms with Gasteiger partial charge in [0.25, 0.3) is 0 Å². The molecule has 0 saturated heterocycles. The highest BCUT2D eigenvalue weighted by Crippen LogP contribution is 2.42. The molecule has 0 heterocycles. The van der Waals surface area contributed by atoms with E-state index in [0.29, 0.717) is 23.5 Å². The minimum atomic E-state index is 0.401. The largest absolute Gasteiger partial charge is 0.374 e. The summed E-state index contributed by atoms with van der Waals surface area (Å²) in [6.45, 7) is 10.3. The number of hydrogen-bond acceptors (Lipinski definition) is 2. The summed E-state index contributed by atoms with van der Waals surface area (Å²) in [5, 5.41) is 0. The van der Waals surface area contributed by atoms with Crippen molar-refractivity contribution in [2.24, 2.45) is 28.9 Å². The summed E-state index contributed by atoms with van der Waals surface area (Å²) in [5.41, 5.74) is 6.44. The zero-order valence-corrected chi connectivity index (χ0v) is 14.7. The Balaban J connectivity index is 1.99. The van der Waals surface area contributed by atoms with Crippen LogP contribution in [0.5, 0.6) is 0 Å². The summed E-state index contributed by atoms with van der Waals surface area (Å²) < 4.78 is 6.68. The van der Waals surface area contributed by atoms with Crippen molar-refractivity contribution in [3.8, 4) is 0 Å². The molecule has 2 aliphatic carbocycles. The molecular formula is C19H37NO.